The Kier molecular flexibility index (Phi) is 4.52. The van der Waals surface area contributed by atoms with Crippen LogP contribution in [0, 0.1) is 0 Å². The third-order valence-electron chi connectivity index (χ3n) is 2.68. The monoisotopic (exact) mass is 319 g/mol. The first kappa shape index (κ1) is 13.5. The molecule has 2 N–H and O–H groups in total. The van der Waals surface area contributed by atoms with E-state index in [4.69, 9.17) is 0 Å². The number of hydrogen-bond acceptors (Lipinski definition) is 2. The lowest BCUT2D eigenvalue weighted by molar-refractivity contribution is 0.249. The molecule has 1 aromatic carbocycles. The summed E-state index contributed by atoms with van der Waals surface area (Å²) in [5.41, 5.74) is 1.75. The van der Waals surface area contributed by atoms with Gasteiger partial charge < -0.3 is 10.6 Å². The van der Waals surface area contributed by atoms with Crippen LogP contribution in [0.3, 0.4) is 0 Å². The molecule has 1 atom stereocenters. The number of hydrogen-bond donors (Lipinski definition) is 2. The number of nitrogens with zero attached hydrogens (tertiary/aromatic N) is 1. The van der Waals surface area contributed by atoms with Gasteiger partial charge in [-0.2, -0.15) is 0 Å². The van der Waals surface area contributed by atoms with E-state index in [0.717, 1.165) is 15.7 Å². The summed E-state index contributed by atoms with van der Waals surface area (Å²) in [6, 6.07) is 10.9. The van der Waals surface area contributed by atoms with Gasteiger partial charge in [0, 0.05) is 16.9 Å². The van der Waals surface area contributed by atoms with Gasteiger partial charge in [0.05, 0.1) is 11.7 Å². The van der Waals surface area contributed by atoms with E-state index < -0.39 is 0 Å². The highest BCUT2D eigenvalue weighted by atomic mass is 79.9. The maximum atomic E-state index is 11.9. The number of benzene rings is 1. The Morgan fingerprint density at radius 1 is 1.21 bits per heavy atom. The van der Waals surface area contributed by atoms with Crippen molar-refractivity contribution in [1.82, 2.24) is 10.3 Å². The fourth-order valence-corrected chi connectivity index (χ4v) is 2.04. The highest BCUT2D eigenvalue weighted by molar-refractivity contribution is 9.10. The van der Waals surface area contributed by atoms with Crippen LogP contribution < -0.4 is 10.6 Å². The molecule has 1 aromatic heterocycles. The topological polar surface area (TPSA) is 54.0 Å². The molecule has 2 rings (SSSR count). The Labute approximate surface area is 120 Å². The molecule has 0 saturated carbocycles. The van der Waals surface area contributed by atoms with Gasteiger partial charge in [0.25, 0.3) is 0 Å². The second kappa shape index (κ2) is 6.33. The van der Waals surface area contributed by atoms with Crippen LogP contribution in [0.2, 0.25) is 0 Å². The van der Waals surface area contributed by atoms with Crippen molar-refractivity contribution in [1.29, 1.82) is 0 Å². The number of nitrogens with one attached hydrogen (secondary N) is 2. The van der Waals surface area contributed by atoms with Gasteiger partial charge in [0.2, 0.25) is 0 Å². The van der Waals surface area contributed by atoms with Crippen LogP contribution in [0.5, 0.6) is 0 Å². The highest BCUT2D eigenvalue weighted by Crippen LogP contribution is 2.21. The van der Waals surface area contributed by atoms with Crippen molar-refractivity contribution in [3.05, 3.63) is 58.8 Å². The molecule has 1 heterocycles. The Morgan fingerprint density at radius 3 is 2.58 bits per heavy atom. The summed E-state index contributed by atoms with van der Waals surface area (Å²) in [7, 11) is 0. The van der Waals surface area contributed by atoms with Crippen molar-refractivity contribution in [2.45, 2.75) is 13.0 Å². The van der Waals surface area contributed by atoms with E-state index in [1.807, 2.05) is 43.3 Å². The largest absolute Gasteiger partial charge is 0.331 e. The lowest BCUT2D eigenvalue weighted by atomic mass is 10.1. The Balaban J connectivity index is 1.97. The molecule has 2 amide bonds. The predicted molar refractivity (Wildman–Crippen MR) is 78.9 cm³/mol. The number of halogens is 1. The molecule has 2 aromatic rings. The standard InChI is InChI=1S/C14H14BrN3O/c1-10(11-6-8-16-9-7-11)17-14(19)18-13-5-3-2-4-12(13)15/h2-10H,1H3,(H2,17,18,19)/t10-/m1/s1. The van der Waals surface area contributed by atoms with Crippen LogP contribution >= 0.6 is 15.9 Å². The molecular formula is C14H14BrN3O. The van der Waals surface area contributed by atoms with E-state index in [-0.39, 0.29) is 12.1 Å². The number of carbonyl (C=O) groups is 1. The van der Waals surface area contributed by atoms with Crippen molar-refractivity contribution in [3.63, 3.8) is 0 Å². The smallest absolute Gasteiger partial charge is 0.319 e. The van der Waals surface area contributed by atoms with Gasteiger partial charge in [-0.1, -0.05) is 12.1 Å². The van der Waals surface area contributed by atoms with Crippen LogP contribution in [0.25, 0.3) is 0 Å². The molecule has 0 unspecified atom stereocenters. The number of amides is 2. The minimum atomic E-state index is -0.240. The zero-order valence-electron chi connectivity index (χ0n) is 10.4. The number of urea groups is 1. The van der Waals surface area contributed by atoms with E-state index in [0.29, 0.717) is 0 Å². The molecule has 0 fully saturated rings. The highest BCUT2D eigenvalue weighted by Gasteiger charge is 2.10. The lowest BCUT2D eigenvalue weighted by Gasteiger charge is -2.15. The van der Waals surface area contributed by atoms with Crippen molar-refractivity contribution in [2.75, 3.05) is 5.32 Å². The summed E-state index contributed by atoms with van der Waals surface area (Å²) in [4.78, 5) is 15.8. The summed E-state index contributed by atoms with van der Waals surface area (Å²) in [5, 5.41) is 5.67. The van der Waals surface area contributed by atoms with E-state index >= 15 is 0 Å². The molecule has 5 heteroatoms. The first-order valence-electron chi connectivity index (χ1n) is 5.89. The van der Waals surface area contributed by atoms with Crippen molar-refractivity contribution in [2.24, 2.45) is 0 Å². The summed E-state index contributed by atoms with van der Waals surface area (Å²) in [5.74, 6) is 0. The Hall–Kier alpha value is -1.88. The summed E-state index contributed by atoms with van der Waals surface area (Å²) in [6.45, 7) is 1.93. The number of carbonyl (C=O) groups excluding carboxylic acids is 1. The van der Waals surface area contributed by atoms with Gasteiger partial charge >= 0.3 is 6.03 Å². The van der Waals surface area contributed by atoms with Crippen LogP contribution in [0.1, 0.15) is 18.5 Å². The second-order valence-corrected chi connectivity index (χ2v) is 4.93. The molecule has 0 bridgehead atoms. The quantitative estimate of drug-likeness (QED) is 0.905. The Bertz CT molecular complexity index is 560. The lowest BCUT2D eigenvalue weighted by Crippen LogP contribution is -2.31. The SMILES string of the molecule is C[C@@H](NC(=O)Nc1ccccc1Br)c1ccncc1. The molecule has 4 nitrogen and oxygen atoms in total. The molecule has 0 spiro atoms. The van der Waals surface area contributed by atoms with Gasteiger partial charge in [-0.25, -0.2) is 4.79 Å². The van der Waals surface area contributed by atoms with Crippen LogP contribution in [0.4, 0.5) is 10.5 Å². The number of aromatic nitrogens is 1. The van der Waals surface area contributed by atoms with Crippen LogP contribution in [-0.4, -0.2) is 11.0 Å². The summed E-state index contributed by atoms with van der Waals surface area (Å²) < 4.78 is 0.849. The van der Waals surface area contributed by atoms with Crippen LogP contribution in [0.15, 0.2) is 53.3 Å². The Morgan fingerprint density at radius 2 is 1.89 bits per heavy atom. The molecule has 0 aliphatic carbocycles. The molecular weight excluding hydrogens is 306 g/mol. The summed E-state index contributed by atoms with van der Waals surface area (Å²) >= 11 is 3.39. The van der Waals surface area contributed by atoms with E-state index in [1.54, 1.807) is 12.4 Å². The molecule has 0 saturated heterocycles. The average Bonchev–Trinajstić information content (AvgIpc) is 2.42. The number of pyridine rings is 1. The third-order valence-corrected chi connectivity index (χ3v) is 3.37. The van der Waals surface area contributed by atoms with Gasteiger partial charge in [-0.05, 0) is 52.7 Å². The van der Waals surface area contributed by atoms with Gasteiger partial charge in [-0.15, -0.1) is 0 Å². The van der Waals surface area contributed by atoms with E-state index in [2.05, 4.69) is 31.5 Å². The minimum Gasteiger partial charge on any atom is -0.331 e. The fourth-order valence-electron chi connectivity index (χ4n) is 1.65. The third kappa shape index (κ3) is 3.79. The fraction of sp³-hybridized carbons (Fsp3) is 0.143. The van der Waals surface area contributed by atoms with Crippen LogP contribution in [-0.2, 0) is 0 Å². The molecule has 98 valence electrons. The molecule has 19 heavy (non-hydrogen) atoms. The molecule has 0 radical (unpaired) electrons. The van der Waals surface area contributed by atoms with Crippen molar-refractivity contribution >= 4 is 27.6 Å². The molecule has 0 aliphatic rings. The van der Waals surface area contributed by atoms with Gasteiger partial charge in [0.1, 0.15) is 0 Å². The minimum absolute atomic E-state index is 0.0783. The predicted octanol–water partition coefficient (Wildman–Crippen LogP) is 3.73. The summed E-state index contributed by atoms with van der Waals surface area (Å²) in [6.07, 6.45) is 3.42. The van der Waals surface area contributed by atoms with E-state index in [1.165, 1.54) is 0 Å². The van der Waals surface area contributed by atoms with Crippen molar-refractivity contribution in [3.8, 4) is 0 Å². The van der Waals surface area contributed by atoms with Crippen molar-refractivity contribution < 1.29 is 4.79 Å². The first-order chi connectivity index (χ1) is 9.16. The maximum Gasteiger partial charge on any atom is 0.319 e. The molecule has 0 aliphatic heterocycles. The van der Waals surface area contributed by atoms with E-state index in [9.17, 15) is 4.79 Å². The second-order valence-electron chi connectivity index (χ2n) is 4.08. The average molecular weight is 320 g/mol. The maximum absolute atomic E-state index is 11.9. The first-order valence-corrected chi connectivity index (χ1v) is 6.68. The van der Waals surface area contributed by atoms with Gasteiger partial charge in [0.15, 0.2) is 0 Å². The normalized spacial score (nSPS) is 11.7. The van der Waals surface area contributed by atoms with Gasteiger partial charge in [-0.3, -0.25) is 4.98 Å². The number of para-hydroxylation sites is 1. The number of rotatable bonds is 3. The number of anilines is 1. The zero-order valence-corrected chi connectivity index (χ0v) is 12.0. The zero-order chi connectivity index (χ0) is 13.7.